The highest BCUT2D eigenvalue weighted by Gasteiger charge is 2.63. The molecule has 0 bridgehead atoms. The fourth-order valence-electron chi connectivity index (χ4n) is 3.93. The van der Waals surface area contributed by atoms with E-state index in [4.69, 9.17) is 4.74 Å². The van der Waals surface area contributed by atoms with E-state index in [1.54, 1.807) is 13.1 Å². The van der Waals surface area contributed by atoms with Crippen LogP contribution >= 0.6 is 0 Å². The number of hydrazone groups is 1. The van der Waals surface area contributed by atoms with Crippen LogP contribution in [0.4, 0.5) is 18.9 Å². The maximum Gasteiger partial charge on any atom is 0.416 e. The van der Waals surface area contributed by atoms with E-state index >= 15 is 0 Å². The van der Waals surface area contributed by atoms with Crippen LogP contribution in [-0.2, 0) is 25.3 Å². The molecule has 11 heteroatoms. The normalized spacial score (nSPS) is 19.5. The first-order valence-electron chi connectivity index (χ1n) is 10.7. The first-order valence-corrected chi connectivity index (χ1v) is 10.7. The molecular weight excluding hydrogens is 465 g/mol. The summed E-state index contributed by atoms with van der Waals surface area (Å²) in [5.41, 5.74) is 2.90. The lowest BCUT2D eigenvalue weighted by molar-refractivity contribution is -0.146. The second-order valence-electron chi connectivity index (χ2n) is 7.92. The molecule has 1 aliphatic rings. The number of halogens is 3. The van der Waals surface area contributed by atoms with Gasteiger partial charge in [0.1, 0.15) is 0 Å². The molecule has 1 aliphatic carbocycles. The number of hydrogen-bond donors (Lipinski definition) is 3. The first kappa shape index (κ1) is 24.0. The molecule has 1 heterocycles. The molecule has 0 spiro atoms. The summed E-state index contributed by atoms with van der Waals surface area (Å²) >= 11 is 0. The molecule has 0 radical (unpaired) electrons. The average Bonchev–Trinajstić information content (AvgIpc) is 3.46. The lowest BCUT2D eigenvalue weighted by Gasteiger charge is -2.10. The molecule has 1 fully saturated rings. The maximum atomic E-state index is 13.0. The lowest BCUT2D eigenvalue weighted by Crippen LogP contribution is -2.24. The third kappa shape index (κ3) is 5.18. The van der Waals surface area contributed by atoms with Crippen LogP contribution in [0.5, 0.6) is 0 Å². The zero-order valence-electron chi connectivity index (χ0n) is 18.4. The topological polar surface area (TPSA) is 113 Å². The van der Waals surface area contributed by atoms with E-state index in [2.05, 4.69) is 20.8 Å². The molecule has 1 saturated carbocycles. The number of hydrogen-bond acceptors (Lipinski definition) is 5. The van der Waals surface area contributed by atoms with Gasteiger partial charge in [0.05, 0.1) is 36.1 Å². The van der Waals surface area contributed by atoms with Gasteiger partial charge in [0.25, 0.3) is 0 Å². The minimum absolute atomic E-state index is 0.0460. The van der Waals surface area contributed by atoms with Gasteiger partial charge in [-0.3, -0.25) is 14.4 Å². The van der Waals surface area contributed by atoms with Crippen LogP contribution in [0.3, 0.4) is 0 Å². The minimum Gasteiger partial charge on any atom is -0.466 e. The third-order valence-corrected chi connectivity index (χ3v) is 5.64. The van der Waals surface area contributed by atoms with Gasteiger partial charge in [-0.15, -0.1) is 0 Å². The Labute approximate surface area is 197 Å². The number of rotatable bonds is 7. The van der Waals surface area contributed by atoms with E-state index < -0.39 is 47.3 Å². The third-order valence-electron chi connectivity index (χ3n) is 5.64. The molecule has 4 rings (SSSR count). The number of carbonyl (C=O) groups is 3. The van der Waals surface area contributed by atoms with E-state index in [0.29, 0.717) is 0 Å². The number of H-pyrrole nitrogens is 1. The standard InChI is InChI=1S/C24H21F3N4O4/c1-2-35-23(34)20-18(21(32)30-15-7-5-6-14(10-15)24(25,26)27)19(20)22(33)31-29-12-13-11-28-17-9-4-3-8-16(13)17/h3-12,18-20,28H,2H2,1H3,(H,30,32)(H,31,33)/b29-12+. The molecule has 0 aliphatic heterocycles. The van der Waals surface area contributed by atoms with Crippen molar-refractivity contribution in [2.24, 2.45) is 22.9 Å². The Morgan fingerprint density at radius 2 is 1.80 bits per heavy atom. The summed E-state index contributed by atoms with van der Waals surface area (Å²) in [7, 11) is 0. The number of esters is 1. The van der Waals surface area contributed by atoms with Crippen LogP contribution in [0, 0.1) is 17.8 Å². The summed E-state index contributed by atoms with van der Waals surface area (Å²) in [6.07, 6.45) is -1.45. The molecule has 2 amide bonds. The number of nitrogens with one attached hydrogen (secondary N) is 3. The van der Waals surface area contributed by atoms with Crippen molar-refractivity contribution in [3.8, 4) is 0 Å². The Morgan fingerprint density at radius 3 is 2.54 bits per heavy atom. The van der Waals surface area contributed by atoms with E-state index in [9.17, 15) is 27.6 Å². The first-order chi connectivity index (χ1) is 16.7. The van der Waals surface area contributed by atoms with Gasteiger partial charge in [-0.05, 0) is 31.2 Å². The Bertz CT molecular complexity index is 1300. The van der Waals surface area contributed by atoms with Crippen LogP contribution in [0.2, 0.25) is 0 Å². The van der Waals surface area contributed by atoms with Crippen molar-refractivity contribution >= 4 is 40.6 Å². The highest BCUT2D eigenvalue weighted by molar-refractivity contribution is 6.05. The van der Waals surface area contributed by atoms with Crippen molar-refractivity contribution < 1.29 is 32.3 Å². The molecule has 8 nitrogen and oxygen atoms in total. The smallest absolute Gasteiger partial charge is 0.416 e. The lowest BCUT2D eigenvalue weighted by atomic mass is 10.2. The van der Waals surface area contributed by atoms with Crippen molar-refractivity contribution in [2.75, 3.05) is 11.9 Å². The number of ether oxygens (including phenoxy) is 1. The molecule has 1 aromatic heterocycles. The quantitative estimate of drug-likeness (QED) is 0.269. The Hall–Kier alpha value is -4.15. The fraction of sp³-hybridized carbons (Fsp3) is 0.250. The fourth-order valence-corrected chi connectivity index (χ4v) is 3.93. The Kier molecular flexibility index (Phi) is 6.59. The van der Waals surface area contributed by atoms with Crippen LogP contribution < -0.4 is 10.7 Å². The summed E-state index contributed by atoms with van der Waals surface area (Å²) in [5, 5.41) is 7.17. The zero-order valence-corrected chi connectivity index (χ0v) is 18.4. The predicted octanol–water partition coefficient (Wildman–Crippen LogP) is 3.70. The van der Waals surface area contributed by atoms with Gasteiger partial charge in [0, 0.05) is 28.4 Å². The predicted molar refractivity (Wildman–Crippen MR) is 121 cm³/mol. The number of amides is 2. The van der Waals surface area contributed by atoms with Crippen molar-refractivity contribution in [3.05, 3.63) is 65.9 Å². The number of alkyl halides is 3. The molecular formula is C24H21F3N4O4. The second kappa shape index (κ2) is 9.61. The van der Waals surface area contributed by atoms with Crippen LogP contribution in [0.15, 0.2) is 59.8 Å². The second-order valence-corrected chi connectivity index (χ2v) is 7.92. The molecule has 35 heavy (non-hydrogen) atoms. The number of fused-ring (bicyclic) bond motifs is 1. The van der Waals surface area contributed by atoms with E-state index in [0.717, 1.165) is 34.7 Å². The van der Waals surface area contributed by atoms with Gasteiger partial charge in [0.2, 0.25) is 11.8 Å². The molecule has 2 aromatic carbocycles. The van der Waals surface area contributed by atoms with Crippen molar-refractivity contribution in [3.63, 3.8) is 0 Å². The van der Waals surface area contributed by atoms with Gasteiger partial charge in [-0.2, -0.15) is 18.3 Å². The zero-order chi connectivity index (χ0) is 25.2. The van der Waals surface area contributed by atoms with E-state index in [1.807, 2.05) is 24.3 Å². The maximum absolute atomic E-state index is 13.0. The van der Waals surface area contributed by atoms with Gasteiger partial charge < -0.3 is 15.0 Å². The number of para-hydroxylation sites is 1. The van der Waals surface area contributed by atoms with Gasteiger partial charge >= 0.3 is 12.1 Å². The summed E-state index contributed by atoms with van der Waals surface area (Å²) in [6.45, 7) is 1.63. The SMILES string of the molecule is CCOC(=O)C1C(C(=O)N/N=C/c2c[nH]c3ccccc23)C1C(=O)Nc1cccc(C(F)(F)F)c1. The van der Waals surface area contributed by atoms with Gasteiger partial charge in [0.15, 0.2) is 0 Å². The number of carbonyl (C=O) groups excluding carboxylic acids is 3. The summed E-state index contributed by atoms with van der Waals surface area (Å²) in [5.74, 6) is -5.42. The van der Waals surface area contributed by atoms with Crippen molar-refractivity contribution in [2.45, 2.75) is 13.1 Å². The van der Waals surface area contributed by atoms with Crippen LogP contribution in [0.1, 0.15) is 18.1 Å². The van der Waals surface area contributed by atoms with Crippen LogP contribution in [-0.4, -0.2) is 35.6 Å². The summed E-state index contributed by atoms with van der Waals surface area (Å²) in [4.78, 5) is 40.8. The van der Waals surface area contributed by atoms with Crippen molar-refractivity contribution in [1.29, 1.82) is 0 Å². The van der Waals surface area contributed by atoms with Gasteiger partial charge in [-0.25, -0.2) is 5.43 Å². The highest BCUT2D eigenvalue weighted by atomic mass is 19.4. The molecule has 0 saturated heterocycles. The molecule has 3 N–H and O–H groups in total. The van der Waals surface area contributed by atoms with Gasteiger partial charge in [-0.1, -0.05) is 24.3 Å². The molecule has 3 unspecified atom stereocenters. The minimum atomic E-state index is -4.58. The van der Waals surface area contributed by atoms with Crippen molar-refractivity contribution in [1.82, 2.24) is 10.4 Å². The van der Waals surface area contributed by atoms with E-state index in [-0.39, 0.29) is 12.3 Å². The number of anilines is 1. The Balaban J connectivity index is 1.46. The highest BCUT2D eigenvalue weighted by Crippen LogP contribution is 2.48. The molecule has 182 valence electrons. The molecule has 3 atom stereocenters. The number of aromatic amines is 1. The van der Waals surface area contributed by atoms with E-state index in [1.165, 1.54) is 12.3 Å². The monoisotopic (exact) mass is 486 g/mol. The van der Waals surface area contributed by atoms with Crippen LogP contribution in [0.25, 0.3) is 10.9 Å². The Morgan fingerprint density at radius 1 is 1.06 bits per heavy atom. The summed E-state index contributed by atoms with van der Waals surface area (Å²) in [6, 6.07) is 11.6. The number of aromatic nitrogens is 1. The largest absolute Gasteiger partial charge is 0.466 e. The number of nitrogens with zero attached hydrogens (tertiary/aromatic N) is 1. The molecule has 3 aromatic rings. The summed E-state index contributed by atoms with van der Waals surface area (Å²) < 4.78 is 43.8. The number of benzene rings is 2. The average molecular weight is 486 g/mol.